The van der Waals surface area contributed by atoms with Crippen molar-refractivity contribution in [3.8, 4) is 0 Å². The fourth-order valence-electron chi connectivity index (χ4n) is 3.40. The lowest BCUT2D eigenvalue weighted by molar-refractivity contribution is 0.668. The number of furan rings is 2. The highest BCUT2D eigenvalue weighted by atomic mass is 80.9. The number of alkyl halides is 2. The van der Waals surface area contributed by atoms with Crippen LogP contribution in [-0.2, 0) is 0 Å². The Morgan fingerprint density at radius 3 is 1.24 bits per heavy atom. The van der Waals surface area contributed by atoms with E-state index in [0.717, 1.165) is 42.0 Å². The first-order valence-electron chi connectivity index (χ1n) is 9.50. The van der Waals surface area contributed by atoms with Crippen molar-refractivity contribution in [2.45, 2.75) is 0 Å². The van der Waals surface area contributed by atoms with Gasteiger partial charge in [0.15, 0.2) is 0 Å². The van der Waals surface area contributed by atoms with Gasteiger partial charge in [-0.05, 0) is 48.5 Å². The van der Waals surface area contributed by atoms with Crippen LogP contribution in [0.4, 0.5) is 0 Å². The number of hydrogen-bond acceptors (Lipinski definition) is 2. The average Bonchev–Trinajstić information content (AvgIpc) is 3.39. The molecule has 8 heteroatoms. The Bertz CT molecular complexity index is 1370. The highest BCUT2D eigenvalue weighted by Crippen LogP contribution is 2.32. The van der Waals surface area contributed by atoms with Gasteiger partial charge in [-0.25, -0.2) is 0 Å². The highest BCUT2D eigenvalue weighted by molar-refractivity contribution is 9.93. The summed E-state index contributed by atoms with van der Waals surface area (Å²) < 4.78 is 13.5. The predicted molar refractivity (Wildman–Crippen MR) is 157 cm³/mol. The van der Waals surface area contributed by atoms with Crippen LogP contribution in [0.5, 0.6) is 0 Å². The van der Waals surface area contributed by atoms with E-state index >= 15 is 0 Å². The molecule has 0 saturated heterocycles. The van der Waals surface area contributed by atoms with Gasteiger partial charge in [0.2, 0.25) is 0 Å². The quantitative estimate of drug-likeness (QED) is 0.145. The van der Waals surface area contributed by atoms with Crippen molar-refractivity contribution in [2.75, 3.05) is 5.34 Å². The minimum Gasteiger partial charge on any atom is -0.456 e. The van der Waals surface area contributed by atoms with Gasteiger partial charge in [-0.3, -0.25) is 0 Å². The van der Waals surface area contributed by atoms with Crippen LogP contribution in [-0.4, -0.2) is 5.34 Å². The van der Waals surface area contributed by atoms with Gasteiger partial charge in [-0.1, -0.05) is 68.3 Å². The van der Waals surface area contributed by atoms with E-state index in [9.17, 15) is 0 Å². The van der Waals surface area contributed by atoms with E-state index in [-0.39, 0.29) is 5.34 Å². The maximum atomic E-state index is 5.72. The van der Waals surface area contributed by atoms with E-state index in [1.807, 2.05) is 60.7 Å². The maximum Gasteiger partial charge on any atom is 0.135 e. The largest absolute Gasteiger partial charge is 0.456 e. The summed E-state index contributed by atoms with van der Waals surface area (Å²) in [5.74, 6) is 0. The molecule has 6 aromatic rings. The Morgan fingerprint density at radius 1 is 0.515 bits per heavy atom. The summed E-state index contributed by atoms with van der Waals surface area (Å²) in [4.78, 5) is 0. The molecule has 2 heterocycles. The lowest BCUT2D eigenvalue weighted by atomic mass is 10.2. The van der Waals surface area contributed by atoms with E-state index in [1.165, 1.54) is 10.8 Å². The summed E-state index contributed by atoms with van der Waals surface area (Å²) in [6, 6.07) is 28.3. The minimum absolute atomic E-state index is 0.194. The van der Waals surface area contributed by atoms with Crippen molar-refractivity contribution >= 4 is 127 Å². The number of fused-ring (bicyclic) bond motifs is 6. The van der Waals surface area contributed by atoms with Gasteiger partial charge in [0, 0.05) is 58.7 Å². The molecule has 0 fully saturated rings. The number of hydrogen-bond donors (Lipinski definition) is 0. The summed E-state index contributed by atoms with van der Waals surface area (Å²) in [5, 5.41) is 4.86. The van der Waals surface area contributed by atoms with Crippen molar-refractivity contribution in [1.82, 2.24) is 0 Å². The molecule has 0 aliphatic heterocycles. The topological polar surface area (TPSA) is 26.3 Å². The van der Waals surface area contributed by atoms with Crippen LogP contribution in [0, 0.1) is 0 Å². The van der Waals surface area contributed by atoms with Crippen molar-refractivity contribution in [3.63, 3.8) is 0 Å². The third kappa shape index (κ3) is 6.56. The van der Waals surface area contributed by atoms with Gasteiger partial charge < -0.3 is 8.83 Å². The molecule has 0 N–H and O–H groups in total. The van der Waals surface area contributed by atoms with Crippen LogP contribution in [0.1, 0.15) is 0 Å². The fraction of sp³-hybridized carbons (Fsp3) is 0.0400. The molecule has 0 atom stereocenters. The van der Waals surface area contributed by atoms with E-state index in [2.05, 4.69) is 84.4 Å². The Hall–Kier alpha value is -1.02. The van der Waals surface area contributed by atoms with Crippen LogP contribution >= 0.6 is 83.3 Å². The van der Waals surface area contributed by atoms with Crippen LogP contribution in [0.3, 0.4) is 0 Å². The first-order chi connectivity index (χ1) is 16.1. The molecule has 170 valence electrons. The van der Waals surface area contributed by atoms with E-state index in [0.29, 0.717) is 0 Å². The molecule has 0 aliphatic rings. The fourth-order valence-corrected chi connectivity index (χ4v) is 4.12. The molecule has 0 radical (unpaired) electrons. The second-order valence-corrected chi connectivity index (χ2v) is 9.22. The first kappa shape index (κ1) is 26.6. The molecule has 33 heavy (non-hydrogen) atoms. The summed E-state index contributed by atoms with van der Waals surface area (Å²) in [6.45, 7) is 0. The third-order valence-electron chi connectivity index (χ3n) is 4.68. The van der Waals surface area contributed by atoms with Crippen molar-refractivity contribution in [3.05, 3.63) is 93.9 Å². The zero-order valence-corrected chi connectivity index (χ0v) is 24.7. The van der Waals surface area contributed by atoms with Crippen LogP contribution in [0.2, 0.25) is 0 Å². The summed E-state index contributed by atoms with van der Waals surface area (Å²) in [6.07, 6.45) is 0. The van der Waals surface area contributed by atoms with E-state index in [4.69, 9.17) is 32.0 Å². The smallest absolute Gasteiger partial charge is 0.135 e. The predicted octanol–water partition coefficient (Wildman–Crippen LogP) is 11.8. The first-order valence-corrected chi connectivity index (χ1v) is 15.9. The number of benzene rings is 4. The number of para-hydroxylation sites is 2. The molecule has 0 spiro atoms. The Balaban J connectivity index is 0.000000157. The number of halogens is 6. The molecule has 0 aliphatic carbocycles. The average molecular weight is 739 g/mol. The second kappa shape index (κ2) is 13.2. The molecule has 2 aromatic heterocycles. The SMILES string of the molecule is BrBr.Brc1ccc2oc3ccc(Br)cc3c2c1.ClCCl.c1ccc2c(c1)oc1ccccc12. The van der Waals surface area contributed by atoms with Gasteiger partial charge in [0.1, 0.15) is 22.3 Å². The molecule has 6 rings (SSSR count). The zero-order valence-electron chi connectivity index (χ0n) is 16.9. The van der Waals surface area contributed by atoms with Gasteiger partial charge >= 0.3 is 0 Å². The van der Waals surface area contributed by atoms with Crippen LogP contribution in [0.15, 0.2) is 103 Å². The van der Waals surface area contributed by atoms with Gasteiger partial charge in [0.25, 0.3) is 0 Å². The van der Waals surface area contributed by atoms with Crippen LogP contribution in [0.25, 0.3) is 43.9 Å². The van der Waals surface area contributed by atoms with Crippen molar-refractivity contribution in [2.24, 2.45) is 0 Å². The highest BCUT2D eigenvalue weighted by Gasteiger charge is 2.07. The normalized spacial score (nSPS) is 10.2. The van der Waals surface area contributed by atoms with Gasteiger partial charge in [-0.15, -0.1) is 23.2 Å². The van der Waals surface area contributed by atoms with Crippen molar-refractivity contribution in [1.29, 1.82) is 0 Å². The Kier molecular flexibility index (Phi) is 10.6. The molecule has 0 bridgehead atoms. The zero-order chi connectivity index (χ0) is 23.8. The molecule has 4 aromatic carbocycles. The lowest BCUT2D eigenvalue weighted by Crippen LogP contribution is -1.67. The number of rotatable bonds is 0. The molecule has 0 unspecified atom stereocenters. The molecule has 0 saturated carbocycles. The Morgan fingerprint density at radius 2 is 0.848 bits per heavy atom. The van der Waals surface area contributed by atoms with E-state index < -0.39 is 0 Å². The molecule has 0 amide bonds. The molecule has 2 nitrogen and oxygen atoms in total. The van der Waals surface area contributed by atoms with Gasteiger partial charge in [0.05, 0.1) is 5.34 Å². The van der Waals surface area contributed by atoms with Gasteiger partial charge in [-0.2, -0.15) is 0 Å². The maximum absolute atomic E-state index is 5.72. The second-order valence-electron chi connectivity index (χ2n) is 6.58. The standard InChI is InChI=1S/C12H6Br2O.C12H8O.CH2Cl2.Br2/c13-7-1-3-11-9(5-7)10-6-8(14)2-4-12(10)15-11;1-3-7-11-9(5-1)10-6-2-4-8-12(10)13-11;2-1-3;1-2/h1-6H;1-8H;1H2;. The van der Waals surface area contributed by atoms with E-state index in [1.54, 1.807) is 0 Å². The summed E-state index contributed by atoms with van der Waals surface area (Å²) in [7, 11) is 0. The Labute approximate surface area is 233 Å². The molecular formula is C25H16Br4Cl2O2. The van der Waals surface area contributed by atoms with Crippen molar-refractivity contribution < 1.29 is 8.83 Å². The van der Waals surface area contributed by atoms with Crippen LogP contribution < -0.4 is 0 Å². The molecular weight excluding hydrogens is 723 g/mol. The third-order valence-corrected chi connectivity index (χ3v) is 5.66. The monoisotopic (exact) mass is 734 g/mol. The minimum atomic E-state index is 0.194. The summed E-state index contributed by atoms with van der Waals surface area (Å²) >= 11 is 22.0. The lowest BCUT2D eigenvalue weighted by Gasteiger charge is -1.91. The summed E-state index contributed by atoms with van der Waals surface area (Å²) in [5.41, 5.74) is 3.77.